The second-order valence-electron chi connectivity index (χ2n) is 3.98. The SMILES string of the molecule is C(#Cc1ccccc1)Nc1ccccn1.c1ccncc1. The van der Waals surface area contributed by atoms with E-state index in [0.717, 1.165) is 11.4 Å². The number of nitrogens with zero attached hydrogens (tertiary/aromatic N) is 2. The maximum absolute atomic E-state index is 4.10. The molecule has 0 amide bonds. The minimum Gasteiger partial charge on any atom is -0.299 e. The highest BCUT2D eigenvalue weighted by Gasteiger charge is 1.85. The molecule has 0 saturated carbocycles. The lowest BCUT2D eigenvalue weighted by Gasteiger charge is -1.93. The lowest BCUT2D eigenvalue weighted by molar-refractivity contribution is 1.32. The van der Waals surface area contributed by atoms with Crippen LogP contribution in [0.3, 0.4) is 0 Å². The molecule has 0 spiro atoms. The van der Waals surface area contributed by atoms with Gasteiger partial charge in [0.05, 0.1) is 0 Å². The minimum atomic E-state index is 0.765. The van der Waals surface area contributed by atoms with Crippen LogP contribution in [0.2, 0.25) is 0 Å². The second kappa shape index (κ2) is 8.89. The Kier molecular flexibility index (Phi) is 6.05. The lowest BCUT2D eigenvalue weighted by atomic mass is 10.2. The molecular formula is C18H15N3. The summed E-state index contributed by atoms with van der Waals surface area (Å²) in [5.74, 6) is 3.76. The van der Waals surface area contributed by atoms with Crippen LogP contribution in [-0.4, -0.2) is 9.97 Å². The maximum Gasteiger partial charge on any atom is 0.137 e. The van der Waals surface area contributed by atoms with Crippen molar-refractivity contribution in [3.05, 3.63) is 90.9 Å². The fraction of sp³-hybridized carbons (Fsp3) is 0. The molecule has 2 aromatic heterocycles. The number of pyridine rings is 2. The number of rotatable bonds is 1. The summed E-state index contributed by atoms with van der Waals surface area (Å²) in [7, 11) is 0. The van der Waals surface area contributed by atoms with Gasteiger partial charge in [-0.2, -0.15) is 0 Å². The van der Waals surface area contributed by atoms with Gasteiger partial charge in [-0.05, 0) is 42.3 Å². The van der Waals surface area contributed by atoms with Gasteiger partial charge in [0, 0.05) is 30.2 Å². The third-order valence-corrected chi connectivity index (χ3v) is 2.40. The molecule has 3 heteroatoms. The quantitative estimate of drug-likeness (QED) is 0.544. The number of hydrogen-bond acceptors (Lipinski definition) is 3. The molecule has 102 valence electrons. The first-order valence-electron chi connectivity index (χ1n) is 6.53. The van der Waals surface area contributed by atoms with E-state index in [1.54, 1.807) is 18.6 Å². The Morgan fingerprint density at radius 2 is 1.38 bits per heavy atom. The third kappa shape index (κ3) is 6.04. The van der Waals surface area contributed by atoms with Gasteiger partial charge >= 0.3 is 0 Å². The van der Waals surface area contributed by atoms with E-state index >= 15 is 0 Å². The Balaban J connectivity index is 0.000000225. The number of nitrogens with one attached hydrogen (secondary N) is 1. The van der Waals surface area contributed by atoms with E-state index in [0.29, 0.717) is 0 Å². The first-order chi connectivity index (χ1) is 10.4. The van der Waals surface area contributed by atoms with E-state index < -0.39 is 0 Å². The van der Waals surface area contributed by atoms with Gasteiger partial charge in [-0.15, -0.1) is 0 Å². The van der Waals surface area contributed by atoms with Gasteiger partial charge in [0.1, 0.15) is 5.82 Å². The Morgan fingerprint density at radius 1 is 0.714 bits per heavy atom. The molecule has 0 saturated heterocycles. The van der Waals surface area contributed by atoms with Crippen molar-refractivity contribution in [2.75, 3.05) is 5.32 Å². The second-order valence-corrected chi connectivity index (χ2v) is 3.98. The van der Waals surface area contributed by atoms with Gasteiger partial charge in [-0.1, -0.05) is 30.3 Å². The zero-order valence-corrected chi connectivity index (χ0v) is 11.5. The highest BCUT2D eigenvalue weighted by molar-refractivity contribution is 5.43. The molecule has 1 N–H and O–H groups in total. The van der Waals surface area contributed by atoms with Crippen LogP contribution < -0.4 is 5.32 Å². The topological polar surface area (TPSA) is 37.8 Å². The van der Waals surface area contributed by atoms with E-state index in [-0.39, 0.29) is 0 Å². The summed E-state index contributed by atoms with van der Waals surface area (Å²) >= 11 is 0. The van der Waals surface area contributed by atoms with Crippen LogP contribution in [0.25, 0.3) is 0 Å². The number of anilines is 1. The fourth-order valence-electron chi connectivity index (χ4n) is 1.44. The number of benzene rings is 1. The summed E-state index contributed by atoms with van der Waals surface area (Å²) < 4.78 is 0. The Morgan fingerprint density at radius 3 is 1.95 bits per heavy atom. The van der Waals surface area contributed by atoms with Crippen molar-refractivity contribution >= 4 is 5.82 Å². The predicted molar refractivity (Wildman–Crippen MR) is 85.4 cm³/mol. The van der Waals surface area contributed by atoms with E-state index in [9.17, 15) is 0 Å². The van der Waals surface area contributed by atoms with Crippen LogP contribution in [-0.2, 0) is 0 Å². The smallest absolute Gasteiger partial charge is 0.137 e. The standard InChI is InChI=1S/C13H10N2.C5H5N/c1-2-6-12(7-3-1)9-11-15-13-8-4-5-10-14-13;1-2-4-6-5-3-1/h1-8,10H,(H,14,15);1-5H. The molecule has 3 aromatic rings. The Bertz CT molecular complexity index is 644. The van der Waals surface area contributed by atoms with Gasteiger partial charge in [0.2, 0.25) is 0 Å². The average Bonchev–Trinajstić information content (AvgIpc) is 2.59. The first-order valence-corrected chi connectivity index (χ1v) is 6.53. The van der Waals surface area contributed by atoms with Gasteiger partial charge in [-0.3, -0.25) is 10.3 Å². The number of hydrogen-bond donors (Lipinski definition) is 1. The molecule has 0 bridgehead atoms. The van der Waals surface area contributed by atoms with Gasteiger partial charge in [0.25, 0.3) is 0 Å². The third-order valence-electron chi connectivity index (χ3n) is 2.40. The number of aromatic nitrogens is 2. The zero-order chi connectivity index (χ0) is 14.6. The highest BCUT2D eigenvalue weighted by atomic mass is 15.0. The molecule has 2 heterocycles. The summed E-state index contributed by atoms with van der Waals surface area (Å²) in [6.45, 7) is 0. The maximum atomic E-state index is 4.10. The molecule has 0 aliphatic carbocycles. The van der Waals surface area contributed by atoms with Crippen LogP contribution >= 0.6 is 0 Å². The fourth-order valence-corrected chi connectivity index (χ4v) is 1.44. The van der Waals surface area contributed by atoms with Crippen molar-refractivity contribution in [3.63, 3.8) is 0 Å². The average molecular weight is 273 g/mol. The van der Waals surface area contributed by atoms with Crippen LogP contribution in [0.1, 0.15) is 5.56 Å². The molecule has 0 aliphatic heterocycles. The largest absolute Gasteiger partial charge is 0.299 e. The van der Waals surface area contributed by atoms with Crippen LogP contribution in [0.5, 0.6) is 0 Å². The molecule has 1 aromatic carbocycles. The molecule has 21 heavy (non-hydrogen) atoms. The van der Waals surface area contributed by atoms with Crippen molar-refractivity contribution in [3.8, 4) is 12.0 Å². The summed E-state index contributed by atoms with van der Waals surface area (Å²) in [5.41, 5.74) is 0.987. The van der Waals surface area contributed by atoms with Crippen molar-refractivity contribution in [1.82, 2.24) is 9.97 Å². The molecule has 0 aliphatic rings. The molecule has 0 unspecified atom stereocenters. The molecular weight excluding hydrogens is 258 g/mol. The van der Waals surface area contributed by atoms with Crippen molar-refractivity contribution in [1.29, 1.82) is 0 Å². The van der Waals surface area contributed by atoms with Gasteiger partial charge < -0.3 is 0 Å². The monoisotopic (exact) mass is 273 g/mol. The molecule has 0 fully saturated rings. The summed E-state index contributed by atoms with van der Waals surface area (Å²) in [5, 5.41) is 2.92. The summed E-state index contributed by atoms with van der Waals surface area (Å²) in [6, 6.07) is 24.1. The molecule has 3 rings (SSSR count). The molecule has 0 radical (unpaired) electrons. The lowest BCUT2D eigenvalue weighted by Crippen LogP contribution is -1.90. The van der Waals surface area contributed by atoms with Crippen molar-refractivity contribution in [2.24, 2.45) is 0 Å². The van der Waals surface area contributed by atoms with Gasteiger partial charge in [0.15, 0.2) is 0 Å². The predicted octanol–water partition coefficient (Wildman–Crippen LogP) is 3.58. The minimum absolute atomic E-state index is 0.765. The van der Waals surface area contributed by atoms with E-state index in [1.165, 1.54) is 0 Å². The first kappa shape index (κ1) is 14.3. The van der Waals surface area contributed by atoms with Gasteiger partial charge in [-0.25, -0.2) is 4.98 Å². The Labute approximate surface area is 124 Å². The van der Waals surface area contributed by atoms with Crippen LogP contribution in [0.4, 0.5) is 5.82 Å². The van der Waals surface area contributed by atoms with Crippen LogP contribution in [0, 0.1) is 12.0 Å². The Hall–Kier alpha value is -3.12. The normalized spacial score (nSPS) is 8.57. The summed E-state index contributed by atoms with van der Waals surface area (Å²) in [4.78, 5) is 7.88. The zero-order valence-electron chi connectivity index (χ0n) is 11.5. The van der Waals surface area contributed by atoms with Crippen LogP contribution in [0.15, 0.2) is 85.3 Å². The summed E-state index contributed by atoms with van der Waals surface area (Å²) in [6.07, 6.45) is 5.23. The molecule has 0 atom stereocenters. The van der Waals surface area contributed by atoms with E-state index in [1.807, 2.05) is 66.7 Å². The highest BCUT2D eigenvalue weighted by Crippen LogP contribution is 1.98. The van der Waals surface area contributed by atoms with E-state index in [2.05, 4.69) is 27.2 Å². The molecule has 3 nitrogen and oxygen atoms in total. The van der Waals surface area contributed by atoms with Crippen molar-refractivity contribution < 1.29 is 0 Å². The van der Waals surface area contributed by atoms with E-state index in [4.69, 9.17) is 0 Å². The van der Waals surface area contributed by atoms with Crippen molar-refractivity contribution in [2.45, 2.75) is 0 Å².